The highest BCUT2D eigenvalue weighted by Crippen LogP contribution is 2.21. The van der Waals surface area contributed by atoms with Gasteiger partial charge in [0.25, 0.3) is 5.91 Å². The van der Waals surface area contributed by atoms with Gasteiger partial charge in [-0.15, -0.1) is 0 Å². The van der Waals surface area contributed by atoms with Gasteiger partial charge in [0.2, 0.25) is 5.91 Å². The molecule has 0 aromatic heterocycles. The summed E-state index contributed by atoms with van der Waals surface area (Å²) < 4.78 is 6.23. The van der Waals surface area contributed by atoms with E-state index >= 15 is 0 Å². The number of hydrogen-bond donors (Lipinski definition) is 2. The van der Waals surface area contributed by atoms with Gasteiger partial charge in [0.1, 0.15) is 11.7 Å². The smallest absolute Gasteiger partial charge is 0.252 e. The van der Waals surface area contributed by atoms with Gasteiger partial charge in [-0.05, 0) is 54.0 Å². The summed E-state index contributed by atoms with van der Waals surface area (Å²) in [6.07, 6.45) is 1.49. The van der Waals surface area contributed by atoms with Gasteiger partial charge in [0.15, 0.2) is 0 Å². The number of ether oxygens (including phenoxy) is 1. The van der Waals surface area contributed by atoms with E-state index in [4.69, 9.17) is 4.74 Å². The Morgan fingerprint density at radius 2 is 1.85 bits per heavy atom. The molecule has 2 aromatic carbocycles. The quantitative estimate of drug-likeness (QED) is 0.410. The van der Waals surface area contributed by atoms with E-state index in [1.807, 2.05) is 37.3 Å². The number of halogens is 1. The monoisotopic (exact) mass is 417 g/mol. The van der Waals surface area contributed by atoms with Crippen LogP contribution in [0.3, 0.4) is 0 Å². The SMILES string of the molecule is CCOc1ccccc1C=NNC(=O)C(C)C(=O)Nc1ccccc1Br. The number of hydrogen-bond acceptors (Lipinski definition) is 4. The highest BCUT2D eigenvalue weighted by molar-refractivity contribution is 9.10. The lowest BCUT2D eigenvalue weighted by Gasteiger charge is -2.12. The molecule has 0 aliphatic carbocycles. The van der Waals surface area contributed by atoms with Crippen molar-refractivity contribution in [2.45, 2.75) is 13.8 Å². The van der Waals surface area contributed by atoms with Gasteiger partial charge in [-0.25, -0.2) is 5.43 Å². The molecule has 2 aromatic rings. The molecule has 2 amide bonds. The maximum atomic E-state index is 12.2. The third-order valence-electron chi connectivity index (χ3n) is 3.52. The molecule has 0 saturated carbocycles. The van der Waals surface area contributed by atoms with Gasteiger partial charge in [0, 0.05) is 10.0 Å². The maximum Gasteiger partial charge on any atom is 0.252 e. The number of amides is 2. The molecular weight excluding hydrogens is 398 g/mol. The molecule has 0 fully saturated rings. The van der Waals surface area contributed by atoms with E-state index in [0.29, 0.717) is 18.0 Å². The zero-order valence-electron chi connectivity index (χ0n) is 14.5. The van der Waals surface area contributed by atoms with Gasteiger partial charge >= 0.3 is 0 Å². The predicted molar refractivity (Wildman–Crippen MR) is 105 cm³/mol. The number of para-hydroxylation sites is 2. The molecule has 0 saturated heterocycles. The maximum absolute atomic E-state index is 12.2. The molecule has 0 heterocycles. The number of nitrogens with zero attached hydrogens (tertiary/aromatic N) is 1. The molecule has 0 radical (unpaired) electrons. The minimum Gasteiger partial charge on any atom is -0.493 e. The van der Waals surface area contributed by atoms with Crippen LogP contribution in [-0.2, 0) is 9.59 Å². The Morgan fingerprint density at radius 1 is 1.15 bits per heavy atom. The highest BCUT2D eigenvalue weighted by atomic mass is 79.9. The average Bonchev–Trinajstić information content (AvgIpc) is 2.64. The minimum absolute atomic E-state index is 0.417. The summed E-state index contributed by atoms with van der Waals surface area (Å²) >= 11 is 3.35. The standard InChI is InChI=1S/C19H20BrN3O3/c1-3-26-17-11-7-4-8-14(17)12-21-23-19(25)13(2)18(24)22-16-10-6-5-9-15(16)20/h4-13H,3H2,1-2H3,(H,22,24)(H,23,25). The molecule has 1 unspecified atom stereocenters. The molecule has 0 bridgehead atoms. The first-order valence-electron chi connectivity index (χ1n) is 8.13. The van der Waals surface area contributed by atoms with E-state index in [9.17, 15) is 9.59 Å². The lowest BCUT2D eigenvalue weighted by Crippen LogP contribution is -2.34. The predicted octanol–water partition coefficient (Wildman–Crippen LogP) is 3.57. The number of anilines is 1. The average molecular weight is 418 g/mol. The van der Waals surface area contributed by atoms with Crippen LogP contribution in [0.1, 0.15) is 19.4 Å². The van der Waals surface area contributed by atoms with E-state index in [2.05, 4.69) is 31.8 Å². The minimum atomic E-state index is -0.901. The molecular formula is C19H20BrN3O3. The number of carbonyl (C=O) groups excluding carboxylic acids is 2. The first kappa shape index (κ1) is 19.7. The molecule has 2 N–H and O–H groups in total. The fraction of sp³-hybridized carbons (Fsp3) is 0.211. The van der Waals surface area contributed by atoms with Crippen molar-refractivity contribution in [1.82, 2.24) is 5.43 Å². The first-order valence-corrected chi connectivity index (χ1v) is 8.92. The number of nitrogens with one attached hydrogen (secondary N) is 2. The topological polar surface area (TPSA) is 79.8 Å². The van der Waals surface area contributed by atoms with Crippen LogP contribution in [0.25, 0.3) is 0 Å². The Hall–Kier alpha value is -2.67. The van der Waals surface area contributed by atoms with Crippen molar-refractivity contribution < 1.29 is 14.3 Å². The van der Waals surface area contributed by atoms with Crippen molar-refractivity contribution in [2.75, 3.05) is 11.9 Å². The molecule has 0 spiro atoms. The van der Waals surface area contributed by atoms with Crippen molar-refractivity contribution in [3.63, 3.8) is 0 Å². The molecule has 1 atom stereocenters. The van der Waals surface area contributed by atoms with Gasteiger partial charge < -0.3 is 10.1 Å². The summed E-state index contributed by atoms with van der Waals surface area (Å²) in [4.78, 5) is 24.3. The Balaban J connectivity index is 1.95. The number of hydrazone groups is 1. The third kappa shape index (κ3) is 5.42. The normalized spacial score (nSPS) is 11.8. The van der Waals surface area contributed by atoms with Crippen LogP contribution in [-0.4, -0.2) is 24.6 Å². The van der Waals surface area contributed by atoms with Crippen LogP contribution < -0.4 is 15.5 Å². The van der Waals surface area contributed by atoms with E-state index < -0.39 is 17.7 Å². The van der Waals surface area contributed by atoms with Crippen LogP contribution >= 0.6 is 15.9 Å². The Kier molecular flexibility index (Phi) is 7.35. The molecule has 136 valence electrons. The van der Waals surface area contributed by atoms with Crippen LogP contribution in [0.5, 0.6) is 5.75 Å². The molecule has 26 heavy (non-hydrogen) atoms. The molecule has 0 aliphatic heterocycles. The van der Waals surface area contributed by atoms with Crippen molar-refractivity contribution in [3.05, 3.63) is 58.6 Å². The van der Waals surface area contributed by atoms with Gasteiger partial charge in [-0.3, -0.25) is 9.59 Å². The summed E-state index contributed by atoms with van der Waals surface area (Å²) in [5, 5.41) is 6.63. The van der Waals surface area contributed by atoms with E-state index in [1.165, 1.54) is 13.1 Å². The fourth-order valence-corrected chi connectivity index (χ4v) is 2.44. The molecule has 6 nitrogen and oxygen atoms in total. The Bertz CT molecular complexity index is 808. The largest absolute Gasteiger partial charge is 0.493 e. The molecule has 7 heteroatoms. The van der Waals surface area contributed by atoms with Gasteiger partial charge in [-0.2, -0.15) is 5.10 Å². The first-order chi connectivity index (χ1) is 12.5. The van der Waals surface area contributed by atoms with Crippen LogP contribution in [0.15, 0.2) is 58.1 Å². The molecule has 2 rings (SSSR count). The second kappa shape index (κ2) is 9.72. The Morgan fingerprint density at radius 3 is 2.58 bits per heavy atom. The molecule has 0 aliphatic rings. The van der Waals surface area contributed by atoms with E-state index in [0.717, 1.165) is 10.0 Å². The zero-order chi connectivity index (χ0) is 18.9. The van der Waals surface area contributed by atoms with Crippen molar-refractivity contribution in [2.24, 2.45) is 11.0 Å². The van der Waals surface area contributed by atoms with Crippen molar-refractivity contribution in [3.8, 4) is 5.75 Å². The van der Waals surface area contributed by atoms with Crippen LogP contribution in [0.4, 0.5) is 5.69 Å². The lowest BCUT2D eigenvalue weighted by atomic mass is 10.1. The zero-order valence-corrected chi connectivity index (χ0v) is 16.1. The van der Waals surface area contributed by atoms with Gasteiger partial charge in [0.05, 0.1) is 18.5 Å². The summed E-state index contributed by atoms with van der Waals surface area (Å²) in [5.74, 6) is -1.15. The van der Waals surface area contributed by atoms with Crippen LogP contribution in [0, 0.1) is 5.92 Å². The van der Waals surface area contributed by atoms with E-state index in [-0.39, 0.29) is 0 Å². The summed E-state index contributed by atoms with van der Waals surface area (Å²) in [6, 6.07) is 14.5. The summed E-state index contributed by atoms with van der Waals surface area (Å²) in [6.45, 7) is 3.94. The number of benzene rings is 2. The number of carbonyl (C=O) groups is 2. The second-order valence-corrected chi connectivity index (χ2v) is 6.25. The van der Waals surface area contributed by atoms with Crippen molar-refractivity contribution in [1.29, 1.82) is 0 Å². The van der Waals surface area contributed by atoms with Gasteiger partial charge in [-0.1, -0.05) is 24.3 Å². The summed E-state index contributed by atoms with van der Waals surface area (Å²) in [5.41, 5.74) is 3.72. The van der Waals surface area contributed by atoms with Crippen LogP contribution in [0.2, 0.25) is 0 Å². The van der Waals surface area contributed by atoms with E-state index in [1.54, 1.807) is 18.2 Å². The highest BCUT2D eigenvalue weighted by Gasteiger charge is 2.21. The second-order valence-electron chi connectivity index (χ2n) is 5.40. The fourth-order valence-electron chi connectivity index (χ4n) is 2.06. The third-order valence-corrected chi connectivity index (χ3v) is 4.21. The summed E-state index contributed by atoms with van der Waals surface area (Å²) in [7, 11) is 0. The van der Waals surface area contributed by atoms with Crippen molar-refractivity contribution >= 4 is 39.6 Å². The lowest BCUT2D eigenvalue weighted by molar-refractivity contribution is -0.131. The Labute approximate surface area is 160 Å². The number of rotatable bonds is 7.